The van der Waals surface area contributed by atoms with E-state index in [-0.39, 0.29) is 13.2 Å². The fourth-order valence-corrected chi connectivity index (χ4v) is 1.83. The molecular weight excluding hydrogens is 258 g/mol. The standard InChI is InChI=1S/C15H25NO4/c1-3-15(11-17,12-18)16-9-10-20-14-8-6-5-7-13(14)19-4-2/h5-8,16-18H,3-4,9-12H2,1-2H3. The van der Waals surface area contributed by atoms with E-state index in [4.69, 9.17) is 9.47 Å². The topological polar surface area (TPSA) is 71.0 Å². The Morgan fingerprint density at radius 3 is 2.15 bits per heavy atom. The van der Waals surface area contributed by atoms with Gasteiger partial charge < -0.3 is 25.0 Å². The van der Waals surface area contributed by atoms with E-state index in [1.165, 1.54) is 0 Å². The van der Waals surface area contributed by atoms with Crippen molar-refractivity contribution < 1.29 is 19.7 Å². The minimum atomic E-state index is -0.636. The van der Waals surface area contributed by atoms with Crippen molar-refractivity contribution in [2.45, 2.75) is 25.8 Å². The van der Waals surface area contributed by atoms with Crippen molar-refractivity contribution in [3.63, 3.8) is 0 Å². The van der Waals surface area contributed by atoms with Crippen molar-refractivity contribution in [3.8, 4) is 11.5 Å². The van der Waals surface area contributed by atoms with Gasteiger partial charge in [-0.3, -0.25) is 0 Å². The van der Waals surface area contributed by atoms with Gasteiger partial charge in [-0.15, -0.1) is 0 Å². The van der Waals surface area contributed by atoms with Crippen LogP contribution in [-0.4, -0.2) is 48.7 Å². The number of hydrogen-bond acceptors (Lipinski definition) is 5. The van der Waals surface area contributed by atoms with Gasteiger partial charge in [0.25, 0.3) is 0 Å². The van der Waals surface area contributed by atoms with E-state index in [1.807, 2.05) is 38.1 Å². The summed E-state index contributed by atoms with van der Waals surface area (Å²) in [6.07, 6.45) is 0.648. The zero-order valence-corrected chi connectivity index (χ0v) is 12.3. The molecule has 20 heavy (non-hydrogen) atoms. The average Bonchev–Trinajstić information content (AvgIpc) is 2.50. The van der Waals surface area contributed by atoms with E-state index in [1.54, 1.807) is 0 Å². The van der Waals surface area contributed by atoms with Crippen LogP contribution in [0.3, 0.4) is 0 Å². The van der Waals surface area contributed by atoms with Crippen molar-refractivity contribution in [1.29, 1.82) is 0 Å². The summed E-state index contributed by atoms with van der Waals surface area (Å²) >= 11 is 0. The van der Waals surface area contributed by atoms with Gasteiger partial charge in [0.15, 0.2) is 11.5 Å². The zero-order valence-electron chi connectivity index (χ0n) is 12.3. The fourth-order valence-electron chi connectivity index (χ4n) is 1.83. The molecule has 0 fully saturated rings. The molecule has 0 amide bonds. The lowest BCUT2D eigenvalue weighted by atomic mass is 9.99. The SMILES string of the molecule is CCOc1ccccc1OCCNC(CC)(CO)CO. The molecule has 1 rings (SSSR count). The van der Waals surface area contributed by atoms with Gasteiger partial charge in [0.2, 0.25) is 0 Å². The summed E-state index contributed by atoms with van der Waals surface area (Å²) in [6.45, 7) is 5.21. The van der Waals surface area contributed by atoms with Crippen LogP contribution in [0.5, 0.6) is 11.5 Å². The fraction of sp³-hybridized carbons (Fsp3) is 0.600. The molecule has 1 aromatic rings. The average molecular weight is 283 g/mol. The van der Waals surface area contributed by atoms with Crippen LogP contribution in [0.15, 0.2) is 24.3 Å². The Morgan fingerprint density at radius 2 is 1.65 bits per heavy atom. The van der Waals surface area contributed by atoms with Gasteiger partial charge >= 0.3 is 0 Å². The highest BCUT2D eigenvalue weighted by Gasteiger charge is 2.25. The first-order chi connectivity index (χ1) is 9.71. The van der Waals surface area contributed by atoms with Crippen molar-refractivity contribution in [2.75, 3.05) is 33.0 Å². The quantitative estimate of drug-likeness (QED) is 0.563. The highest BCUT2D eigenvalue weighted by molar-refractivity contribution is 5.39. The van der Waals surface area contributed by atoms with Gasteiger partial charge in [-0.2, -0.15) is 0 Å². The summed E-state index contributed by atoms with van der Waals surface area (Å²) < 4.78 is 11.1. The Balaban J connectivity index is 2.45. The number of hydrogen-bond donors (Lipinski definition) is 3. The lowest BCUT2D eigenvalue weighted by Gasteiger charge is -2.29. The van der Waals surface area contributed by atoms with Crippen LogP contribution in [0.2, 0.25) is 0 Å². The molecule has 0 heterocycles. The molecule has 1 aromatic carbocycles. The Morgan fingerprint density at radius 1 is 1.05 bits per heavy atom. The van der Waals surface area contributed by atoms with E-state index in [0.717, 1.165) is 5.75 Å². The van der Waals surface area contributed by atoms with Crippen LogP contribution in [0, 0.1) is 0 Å². The third-order valence-electron chi connectivity index (χ3n) is 3.29. The van der Waals surface area contributed by atoms with Gasteiger partial charge in [0.1, 0.15) is 6.61 Å². The molecule has 5 nitrogen and oxygen atoms in total. The highest BCUT2D eigenvalue weighted by Crippen LogP contribution is 2.26. The molecule has 0 aliphatic rings. The maximum atomic E-state index is 9.32. The predicted molar refractivity (Wildman–Crippen MR) is 78.3 cm³/mol. The molecule has 0 aromatic heterocycles. The van der Waals surface area contributed by atoms with Crippen molar-refractivity contribution >= 4 is 0 Å². The summed E-state index contributed by atoms with van der Waals surface area (Å²) in [6, 6.07) is 7.51. The summed E-state index contributed by atoms with van der Waals surface area (Å²) in [5.41, 5.74) is -0.636. The molecule has 0 atom stereocenters. The second kappa shape index (κ2) is 8.79. The minimum Gasteiger partial charge on any atom is -0.490 e. The molecule has 0 aliphatic heterocycles. The number of benzene rings is 1. The molecule has 0 spiro atoms. The summed E-state index contributed by atoms with van der Waals surface area (Å²) in [5, 5.41) is 21.8. The summed E-state index contributed by atoms with van der Waals surface area (Å²) in [4.78, 5) is 0. The van der Waals surface area contributed by atoms with Gasteiger partial charge in [-0.1, -0.05) is 19.1 Å². The van der Waals surface area contributed by atoms with Gasteiger partial charge in [0.05, 0.1) is 25.4 Å². The second-order valence-electron chi connectivity index (χ2n) is 4.61. The predicted octanol–water partition coefficient (Wildman–Crippen LogP) is 1.19. The van der Waals surface area contributed by atoms with Gasteiger partial charge in [-0.05, 0) is 25.5 Å². The van der Waals surface area contributed by atoms with E-state index in [9.17, 15) is 10.2 Å². The van der Waals surface area contributed by atoms with E-state index in [2.05, 4.69) is 5.32 Å². The van der Waals surface area contributed by atoms with Crippen molar-refractivity contribution in [1.82, 2.24) is 5.32 Å². The summed E-state index contributed by atoms with van der Waals surface area (Å²) in [5.74, 6) is 1.42. The Kier molecular flexibility index (Phi) is 7.36. The Hall–Kier alpha value is -1.30. The molecular formula is C15H25NO4. The van der Waals surface area contributed by atoms with Crippen LogP contribution in [-0.2, 0) is 0 Å². The minimum absolute atomic E-state index is 0.102. The third kappa shape index (κ3) is 4.67. The maximum Gasteiger partial charge on any atom is 0.161 e. The number of rotatable bonds is 10. The molecule has 0 unspecified atom stereocenters. The van der Waals surface area contributed by atoms with Crippen LogP contribution < -0.4 is 14.8 Å². The lowest BCUT2D eigenvalue weighted by molar-refractivity contribution is 0.0842. The van der Waals surface area contributed by atoms with Gasteiger partial charge in [-0.25, -0.2) is 0 Å². The first kappa shape index (κ1) is 16.8. The molecule has 5 heteroatoms. The maximum absolute atomic E-state index is 9.32. The first-order valence-corrected chi connectivity index (χ1v) is 7.02. The Labute approximate surface area is 120 Å². The molecule has 0 saturated heterocycles. The second-order valence-corrected chi connectivity index (χ2v) is 4.61. The number of ether oxygens (including phenoxy) is 2. The van der Waals surface area contributed by atoms with Crippen LogP contribution >= 0.6 is 0 Å². The zero-order chi connectivity index (χ0) is 14.8. The smallest absolute Gasteiger partial charge is 0.161 e. The van der Waals surface area contributed by atoms with E-state index < -0.39 is 5.54 Å². The van der Waals surface area contributed by atoms with Gasteiger partial charge in [0, 0.05) is 6.54 Å². The van der Waals surface area contributed by atoms with E-state index in [0.29, 0.717) is 31.9 Å². The molecule has 114 valence electrons. The number of aliphatic hydroxyl groups excluding tert-OH is 2. The first-order valence-electron chi connectivity index (χ1n) is 7.02. The van der Waals surface area contributed by atoms with Crippen LogP contribution in [0.4, 0.5) is 0 Å². The Bertz CT molecular complexity index is 372. The third-order valence-corrected chi connectivity index (χ3v) is 3.29. The summed E-state index contributed by atoms with van der Waals surface area (Å²) in [7, 11) is 0. The van der Waals surface area contributed by atoms with Crippen molar-refractivity contribution in [3.05, 3.63) is 24.3 Å². The van der Waals surface area contributed by atoms with E-state index >= 15 is 0 Å². The van der Waals surface area contributed by atoms with Crippen LogP contribution in [0.1, 0.15) is 20.3 Å². The number of nitrogens with one attached hydrogen (secondary N) is 1. The molecule has 0 aliphatic carbocycles. The molecule has 0 saturated carbocycles. The molecule has 3 N–H and O–H groups in total. The molecule has 0 radical (unpaired) electrons. The normalized spacial score (nSPS) is 11.4. The monoisotopic (exact) mass is 283 g/mol. The number of aliphatic hydroxyl groups is 2. The largest absolute Gasteiger partial charge is 0.490 e. The lowest BCUT2D eigenvalue weighted by Crippen LogP contribution is -2.52. The highest BCUT2D eigenvalue weighted by atomic mass is 16.5. The van der Waals surface area contributed by atoms with Crippen molar-refractivity contribution in [2.24, 2.45) is 0 Å². The molecule has 0 bridgehead atoms. The number of para-hydroxylation sites is 2. The van der Waals surface area contributed by atoms with Crippen LogP contribution in [0.25, 0.3) is 0 Å².